The number of anilines is 1. The van der Waals surface area contributed by atoms with Crippen LogP contribution in [0.3, 0.4) is 0 Å². The van der Waals surface area contributed by atoms with Gasteiger partial charge in [-0.2, -0.15) is 4.98 Å². The number of benzene rings is 1. The van der Waals surface area contributed by atoms with Crippen LogP contribution in [0.15, 0.2) is 46.5 Å². The van der Waals surface area contributed by atoms with Gasteiger partial charge in [0.25, 0.3) is 5.89 Å². The Kier molecular flexibility index (Phi) is 6.25. The molecule has 3 aliphatic rings. The van der Waals surface area contributed by atoms with Gasteiger partial charge in [-0.25, -0.2) is 0 Å². The first-order valence-electron chi connectivity index (χ1n) is 13.6. The van der Waals surface area contributed by atoms with Gasteiger partial charge in [0.05, 0.1) is 0 Å². The van der Waals surface area contributed by atoms with Crippen LogP contribution in [0.25, 0.3) is 5.57 Å². The highest BCUT2D eigenvalue weighted by molar-refractivity contribution is 5.93. The molecule has 1 heterocycles. The van der Waals surface area contributed by atoms with Crippen LogP contribution >= 0.6 is 0 Å². The van der Waals surface area contributed by atoms with E-state index in [1.165, 1.54) is 6.42 Å². The van der Waals surface area contributed by atoms with E-state index in [4.69, 9.17) is 9.51 Å². The van der Waals surface area contributed by atoms with Crippen molar-refractivity contribution in [1.29, 1.82) is 0 Å². The molecule has 0 aliphatic heterocycles. The molecule has 0 bridgehead atoms. The largest absolute Gasteiger partial charge is 0.334 e. The maximum absolute atomic E-state index is 12.2. The molecule has 5 nitrogen and oxygen atoms in total. The van der Waals surface area contributed by atoms with Gasteiger partial charge >= 0.3 is 0 Å². The maximum Gasteiger partial charge on any atom is 0.253 e. The molecule has 5 rings (SSSR count). The van der Waals surface area contributed by atoms with Gasteiger partial charge in [0.2, 0.25) is 5.91 Å². The van der Waals surface area contributed by atoms with Gasteiger partial charge in [0.15, 0.2) is 5.82 Å². The molecular weight excluding hydrogens is 446 g/mol. The van der Waals surface area contributed by atoms with E-state index in [1.54, 1.807) is 5.57 Å². The van der Waals surface area contributed by atoms with Crippen LogP contribution in [0.4, 0.5) is 5.69 Å². The van der Waals surface area contributed by atoms with E-state index in [2.05, 4.69) is 64.2 Å². The van der Waals surface area contributed by atoms with Crippen molar-refractivity contribution in [2.75, 3.05) is 5.32 Å². The van der Waals surface area contributed by atoms with Crippen molar-refractivity contribution >= 4 is 17.2 Å². The minimum atomic E-state index is 0. The van der Waals surface area contributed by atoms with Crippen molar-refractivity contribution in [3.05, 3.63) is 59.3 Å². The summed E-state index contributed by atoms with van der Waals surface area (Å²) >= 11 is 0. The second-order valence-electron chi connectivity index (χ2n) is 13.4. The molecular formula is C31H43N3O2. The molecule has 2 fully saturated rings. The van der Waals surface area contributed by atoms with E-state index >= 15 is 0 Å². The van der Waals surface area contributed by atoms with Crippen LogP contribution in [0.1, 0.15) is 98.8 Å². The number of amides is 1. The molecule has 194 valence electrons. The van der Waals surface area contributed by atoms with Gasteiger partial charge in [-0.15, -0.1) is 0 Å². The van der Waals surface area contributed by atoms with E-state index in [1.807, 2.05) is 24.3 Å². The first-order valence-corrected chi connectivity index (χ1v) is 13.6. The average molecular weight is 490 g/mol. The number of aromatic nitrogens is 2. The molecule has 1 aromatic heterocycles. The second kappa shape index (κ2) is 9.00. The summed E-state index contributed by atoms with van der Waals surface area (Å²) in [5.74, 6) is 2.27. The van der Waals surface area contributed by atoms with Crippen LogP contribution in [-0.4, -0.2) is 16.0 Å². The molecule has 1 amide bonds. The lowest BCUT2D eigenvalue weighted by Crippen LogP contribution is -2.27. The molecule has 5 heteroatoms. The molecule has 2 atom stereocenters. The Bertz CT molecular complexity index is 1190. The van der Waals surface area contributed by atoms with Gasteiger partial charge < -0.3 is 9.84 Å². The van der Waals surface area contributed by atoms with Crippen molar-refractivity contribution in [2.45, 2.75) is 86.5 Å². The number of allylic oxidation sites excluding steroid dienone is 4. The molecule has 1 N–H and O–H groups in total. The van der Waals surface area contributed by atoms with Crippen LogP contribution in [-0.2, 0) is 11.2 Å². The highest BCUT2D eigenvalue weighted by Gasteiger charge is 2.61. The lowest BCUT2D eigenvalue weighted by molar-refractivity contribution is -0.122. The number of nitrogens with zero attached hydrogens (tertiary/aromatic N) is 2. The third kappa shape index (κ3) is 5.07. The van der Waals surface area contributed by atoms with E-state index in [0.717, 1.165) is 48.9 Å². The molecule has 36 heavy (non-hydrogen) atoms. The lowest BCUT2D eigenvalue weighted by atomic mass is 9.73. The molecule has 2 unspecified atom stereocenters. The summed E-state index contributed by atoms with van der Waals surface area (Å²) in [5, 5.41) is 7.34. The molecule has 2 aromatic rings. The minimum absolute atomic E-state index is 0. The fourth-order valence-corrected chi connectivity index (χ4v) is 5.92. The Morgan fingerprint density at radius 2 is 1.86 bits per heavy atom. The molecule has 0 spiro atoms. The zero-order valence-corrected chi connectivity index (χ0v) is 22.8. The fourth-order valence-electron chi connectivity index (χ4n) is 5.92. The first-order chi connectivity index (χ1) is 16.9. The van der Waals surface area contributed by atoms with Crippen LogP contribution in [0.2, 0.25) is 0 Å². The smallest absolute Gasteiger partial charge is 0.253 e. The Morgan fingerprint density at radius 3 is 2.47 bits per heavy atom. The summed E-state index contributed by atoms with van der Waals surface area (Å²) in [7, 11) is 0. The first kappa shape index (κ1) is 25.0. The Labute approximate surface area is 217 Å². The minimum Gasteiger partial charge on any atom is -0.334 e. The van der Waals surface area contributed by atoms with Gasteiger partial charge in [-0.05, 0) is 66.5 Å². The highest BCUT2D eigenvalue weighted by atomic mass is 16.5. The normalized spacial score (nSPS) is 24.2. The molecule has 1 aromatic carbocycles. The zero-order chi connectivity index (χ0) is 25.7. The predicted molar refractivity (Wildman–Crippen MR) is 146 cm³/mol. The fraction of sp³-hybridized carbons (Fsp3) is 0.581. The number of nitrogens with one attached hydrogen (secondary N) is 1. The Morgan fingerprint density at radius 1 is 1.14 bits per heavy atom. The van der Waals surface area contributed by atoms with Gasteiger partial charge in [-0.3, -0.25) is 4.79 Å². The van der Waals surface area contributed by atoms with Gasteiger partial charge in [0.1, 0.15) is 0 Å². The summed E-state index contributed by atoms with van der Waals surface area (Å²) in [5.41, 5.74) is 5.29. The standard InChI is InChI=1S/C31H41N3O2.H2/c1-29(2,3)17-22-12-13-23(18-31(19-25(22)31)30(4,5)6)28-33-26(34-36-28)16-20-10-14-24(15-11-20)32-27(35)21-8-7-9-21;/h10-12,14-15,18,21,25H,7-9,13,16-17,19H2,1-6H3,(H,32,35);1H. The number of carbonyl (C=O) groups is 1. The van der Waals surface area contributed by atoms with Crippen molar-refractivity contribution < 1.29 is 10.7 Å². The quantitative estimate of drug-likeness (QED) is 0.420. The number of hydrogen-bond donors (Lipinski definition) is 1. The number of fused-ring (bicyclic) bond motifs is 1. The van der Waals surface area contributed by atoms with E-state index in [9.17, 15) is 4.79 Å². The van der Waals surface area contributed by atoms with Crippen LogP contribution in [0, 0.1) is 28.1 Å². The Balaban J connectivity index is 0.00000320. The summed E-state index contributed by atoms with van der Waals surface area (Å²) < 4.78 is 5.80. The summed E-state index contributed by atoms with van der Waals surface area (Å²) in [4.78, 5) is 17.0. The van der Waals surface area contributed by atoms with Crippen LogP contribution < -0.4 is 5.32 Å². The zero-order valence-electron chi connectivity index (χ0n) is 22.8. The SMILES string of the molecule is CC(C)(C)CC1=CCC(c2nc(Cc3ccc(NC(=O)C4CCC4)cc3)no2)=CC2(C(C)(C)C)CC12.[HH]. The topological polar surface area (TPSA) is 68.0 Å². The molecule has 3 aliphatic carbocycles. The van der Waals surface area contributed by atoms with Crippen molar-refractivity contribution in [3.8, 4) is 0 Å². The van der Waals surface area contributed by atoms with Crippen molar-refractivity contribution in [2.24, 2.45) is 28.1 Å². The monoisotopic (exact) mass is 489 g/mol. The van der Waals surface area contributed by atoms with Gasteiger partial charge in [-0.1, -0.05) is 83.0 Å². The van der Waals surface area contributed by atoms with E-state index in [0.29, 0.717) is 24.1 Å². The number of carbonyl (C=O) groups excluding carboxylic acids is 1. The maximum atomic E-state index is 12.2. The number of hydrogen-bond acceptors (Lipinski definition) is 4. The molecule has 2 saturated carbocycles. The lowest BCUT2D eigenvalue weighted by Gasteiger charge is -2.31. The highest BCUT2D eigenvalue weighted by Crippen LogP contribution is 2.69. The summed E-state index contributed by atoms with van der Waals surface area (Å²) in [6.07, 6.45) is 11.8. The molecule has 0 radical (unpaired) electrons. The predicted octanol–water partition coefficient (Wildman–Crippen LogP) is 7.85. The Hall–Kier alpha value is -2.69. The van der Waals surface area contributed by atoms with Crippen LogP contribution in [0.5, 0.6) is 0 Å². The summed E-state index contributed by atoms with van der Waals surface area (Å²) in [6.45, 7) is 14.1. The van der Waals surface area contributed by atoms with Crippen molar-refractivity contribution in [1.82, 2.24) is 10.1 Å². The average Bonchev–Trinajstić information content (AvgIpc) is 3.34. The molecule has 0 saturated heterocycles. The van der Waals surface area contributed by atoms with Crippen molar-refractivity contribution in [3.63, 3.8) is 0 Å². The van der Waals surface area contributed by atoms with E-state index in [-0.39, 0.29) is 29.5 Å². The van der Waals surface area contributed by atoms with Gasteiger partial charge in [0, 0.05) is 30.4 Å². The third-order valence-corrected chi connectivity index (χ3v) is 8.40. The summed E-state index contributed by atoms with van der Waals surface area (Å²) in [6, 6.07) is 7.98. The van der Waals surface area contributed by atoms with E-state index < -0.39 is 0 Å². The third-order valence-electron chi connectivity index (χ3n) is 8.40. The number of rotatable bonds is 6. The second-order valence-corrected chi connectivity index (χ2v) is 13.4.